The second-order valence-electron chi connectivity index (χ2n) is 4.92. The zero-order chi connectivity index (χ0) is 15.4. The van der Waals surface area contributed by atoms with Gasteiger partial charge in [0.15, 0.2) is 0 Å². The minimum Gasteiger partial charge on any atom is -0.488 e. The highest BCUT2D eigenvalue weighted by Gasteiger charge is 2.09. The third kappa shape index (κ3) is 3.39. The van der Waals surface area contributed by atoms with Gasteiger partial charge in [0.2, 0.25) is 0 Å². The molecule has 0 spiro atoms. The number of aliphatic hydroxyl groups is 1. The molecule has 0 aliphatic heterocycles. The molecule has 1 N–H and O–H groups in total. The van der Waals surface area contributed by atoms with Crippen molar-refractivity contribution in [2.75, 3.05) is 0 Å². The van der Waals surface area contributed by atoms with Crippen molar-refractivity contribution in [2.24, 2.45) is 0 Å². The van der Waals surface area contributed by atoms with E-state index in [1.807, 2.05) is 32.0 Å². The van der Waals surface area contributed by atoms with Gasteiger partial charge in [-0.25, -0.2) is 4.39 Å². The van der Waals surface area contributed by atoms with E-state index in [0.717, 1.165) is 16.7 Å². The molecule has 21 heavy (non-hydrogen) atoms. The third-order valence-corrected chi connectivity index (χ3v) is 3.25. The summed E-state index contributed by atoms with van der Waals surface area (Å²) in [5, 5.41) is 18.0. The number of halogens is 1. The van der Waals surface area contributed by atoms with Gasteiger partial charge in [0.05, 0.1) is 18.2 Å². The van der Waals surface area contributed by atoms with Gasteiger partial charge in [0.25, 0.3) is 0 Å². The van der Waals surface area contributed by atoms with Crippen LogP contribution in [0.5, 0.6) is 5.75 Å². The van der Waals surface area contributed by atoms with Crippen molar-refractivity contribution in [3.63, 3.8) is 0 Å². The molecule has 0 aliphatic rings. The van der Waals surface area contributed by atoms with Gasteiger partial charge < -0.3 is 9.84 Å². The molecule has 2 aromatic carbocycles. The van der Waals surface area contributed by atoms with Crippen molar-refractivity contribution >= 4 is 0 Å². The van der Waals surface area contributed by atoms with Crippen LogP contribution in [-0.2, 0) is 13.2 Å². The number of aryl methyl sites for hydroxylation is 2. The molecule has 3 nitrogen and oxygen atoms in total. The van der Waals surface area contributed by atoms with Crippen LogP contribution in [0.15, 0.2) is 30.3 Å². The highest BCUT2D eigenvalue weighted by molar-refractivity contribution is 5.43. The Balaban J connectivity index is 2.23. The van der Waals surface area contributed by atoms with Crippen LogP contribution in [0.3, 0.4) is 0 Å². The lowest BCUT2D eigenvalue weighted by Gasteiger charge is -2.14. The topological polar surface area (TPSA) is 53.2 Å². The molecule has 0 fully saturated rings. The van der Waals surface area contributed by atoms with Crippen molar-refractivity contribution in [2.45, 2.75) is 27.1 Å². The van der Waals surface area contributed by atoms with E-state index in [1.165, 1.54) is 18.2 Å². The summed E-state index contributed by atoms with van der Waals surface area (Å²) in [4.78, 5) is 0. The fraction of sp³-hybridized carbons (Fsp3) is 0.235. The molecule has 0 saturated carbocycles. The second kappa shape index (κ2) is 6.38. The van der Waals surface area contributed by atoms with Crippen LogP contribution in [0.1, 0.15) is 27.8 Å². The fourth-order valence-electron chi connectivity index (χ4n) is 2.26. The summed E-state index contributed by atoms with van der Waals surface area (Å²) in [5.74, 6) is 0.283. The summed E-state index contributed by atoms with van der Waals surface area (Å²) in [6, 6.07) is 9.85. The van der Waals surface area contributed by atoms with Crippen molar-refractivity contribution in [3.8, 4) is 11.8 Å². The Labute approximate surface area is 123 Å². The van der Waals surface area contributed by atoms with Gasteiger partial charge in [-0.05, 0) is 48.7 Å². The Morgan fingerprint density at radius 2 is 1.86 bits per heavy atom. The predicted octanol–water partition coefficient (Wildman–Crippen LogP) is 3.39. The van der Waals surface area contributed by atoms with Crippen LogP contribution in [0.25, 0.3) is 0 Å². The van der Waals surface area contributed by atoms with Crippen LogP contribution >= 0.6 is 0 Å². The average Bonchev–Trinajstić information content (AvgIpc) is 2.47. The lowest BCUT2D eigenvalue weighted by molar-refractivity contribution is 0.279. The van der Waals surface area contributed by atoms with Gasteiger partial charge in [0.1, 0.15) is 18.2 Å². The summed E-state index contributed by atoms with van der Waals surface area (Å²) < 4.78 is 19.4. The summed E-state index contributed by atoms with van der Waals surface area (Å²) in [7, 11) is 0. The van der Waals surface area contributed by atoms with Crippen molar-refractivity contribution in [1.29, 1.82) is 5.26 Å². The third-order valence-electron chi connectivity index (χ3n) is 3.25. The van der Waals surface area contributed by atoms with Crippen molar-refractivity contribution < 1.29 is 14.2 Å². The number of hydrogen-bond acceptors (Lipinski definition) is 3. The molecule has 0 atom stereocenters. The number of nitriles is 1. The smallest absolute Gasteiger partial charge is 0.129 e. The lowest BCUT2D eigenvalue weighted by Crippen LogP contribution is -2.02. The predicted molar refractivity (Wildman–Crippen MR) is 77.3 cm³/mol. The molecule has 4 heteroatoms. The first kappa shape index (κ1) is 15.0. The van der Waals surface area contributed by atoms with Gasteiger partial charge in [0, 0.05) is 5.56 Å². The molecular formula is C17H16FNO2. The van der Waals surface area contributed by atoms with E-state index in [2.05, 4.69) is 0 Å². The van der Waals surface area contributed by atoms with Gasteiger partial charge in [-0.15, -0.1) is 0 Å². The average molecular weight is 285 g/mol. The number of rotatable bonds is 4. The number of benzene rings is 2. The van der Waals surface area contributed by atoms with Gasteiger partial charge >= 0.3 is 0 Å². The Morgan fingerprint density at radius 3 is 2.43 bits per heavy atom. The highest BCUT2D eigenvalue weighted by atomic mass is 19.1. The van der Waals surface area contributed by atoms with Crippen molar-refractivity contribution in [1.82, 2.24) is 0 Å². The minimum absolute atomic E-state index is 0.0270. The molecule has 0 aromatic heterocycles. The van der Waals surface area contributed by atoms with Gasteiger partial charge in [-0.1, -0.05) is 12.1 Å². The van der Waals surface area contributed by atoms with E-state index in [-0.39, 0.29) is 13.2 Å². The summed E-state index contributed by atoms with van der Waals surface area (Å²) >= 11 is 0. The summed E-state index contributed by atoms with van der Waals surface area (Å²) in [6.45, 7) is 3.79. The number of aliphatic hydroxyl groups excluding tert-OH is 1. The summed E-state index contributed by atoms with van der Waals surface area (Å²) in [5.41, 5.74) is 3.33. The van der Waals surface area contributed by atoms with Gasteiger partial charge in [-0.3, -0.25) is 0 Å². The Kier molecular flexibility index (Phi) is 4.56. The Morgan fingerprint density at radius 1 is 1.19 bits per heavy atom. The lowest BCUT2D eigenvalue weighted by atomic mass is 10.1. The second-order valence-corrected chi connectivity index (χ2v) is 4.92. The minimum atomic E-state index is -0.392. The quantitative estimate of drug-likeness (QED) is 0.936. The first-order valence-electron chi connectivity index (χ1n) is 6.57. The maximum Gasteiger partial charge on any atom is 0.129 e. The zero-order valence-electron chi connectivity index (χ0n) is 12.0. The first-order chi connectivity index (χ1) is 10.0. The van der Waals surface area contributed by atoms with Crippen LogP contribution in [0.2, 0.25) is 0 Å². The van der Waals surface area contributed by atoms with Crippen LogP contribution in [0.4, 0.5) is 4.39 Å². The molecular weight excluding hydrogens is 269 g/mol. The molecule has 0 radical (unpaired) electrons. The molecule has 2 aromatic rings. The maximum absolute atomic E-state index is 13.7. The zero-order valence-corrected chi connectivity index (χ0v) is 12.0. The van der Waals surface area contributed by atoms with Crippen LogP contribution < -0.4 is 4.74 Å². The number of ether oxygens (including phenoxy) is 1. The number of hydrogen-bond donors (Lipinski definition) is 1. The Hall–Kier alpha value is -2.38. The fourth-order valence-corrected chi connectivity index (χ4v) is 2.26. The van der Waals surface area contributed by atoms with E-state index >= 15 is 0 Å². The molecule has 0 bridgehead atoms. The largest absolute Gasteiger partial charge is 0.488 e. The van der Waals surface area contributed by atoms with Crippen LogP contribution in [0, 0.1) is 31.0 Å². The van der Waals surface area contributed by atoms with E-state index in [9.17, 15) is 4.39 Å². The van der Waals surface area contributed by atoms with E-state index in [1.54, 1.807) is 0 Å². The summed E-state index contributed by atoms with van der Waals surface area (Å²) in [6.07, 6.45) is 0. The standard InChI is InChI=1S/C17H16FNO2/c1-11-5-14(9-20)6-12(2)17(11)21-10-15-7-13(8-19)3-4-16(15)18/h3-7,20H,9-10H2,1-2H3. The molecule has 0 amide bonds. The van der Waals surface area contributed by atoms with Gasteiger partial charge in [-0.2, -0.15) is 5.26 Å². The maximum atomic E-state index is 13.7. The molecule has 108 valence electrons. The molecule has 0 unspecified atom stereocenters. The first-order valence-corrected chi connectivity index (χ1v) is 6.57. The SMILES string of the molecule is Cc1cc(CO)cc(C)c1OCc1cc(C#N)ccc1F. The number of nitrogens with zero attached hydrogens (tertiary/aromatic N) is 1. The van der Waals surface area contributed by atoms with Crippen LogP contribution in [-0.4, -0.2) is 5.11 Å². The van der Waals surface area contributed by atoms with Crippen molar-refractivity contribution in [3.05, 3.63) is 64.0 Å². The molecule has 0 heterocycles. The highest BCUT2D eigenvalue weighted by Crippen LogP contribution is 2.26. The van der Waals surface area contributed by atoms with E-state index in [0.29, 0.717) is 16.9 Å². The van der Waals surface area contributed by atoms with E-state index < -0.39 is 5.82 Å². The normalized spacial score (nSPS) is 10.2. The molecule has 0 saturated heterocycles. The molecule has 2 rings (SSSR count). The molecule has 0 aliphatic carbocycles. The van der Waals surface area contributed by atoms with E-state index in [4.69, 9.17) is 15.1 Å². The Bertz CT molecular complexity index is 681. The monoisotopic (exact) mass is 285 g/mol.